The summed E-state index contributed by atoms with van der Waals surface area (Å²) in [4.78, 5) is 24.8. The maximum absolute atomic E-state index is 14.7. The summed E-state index contributed by atoms with van der Waals surface area (Å²) in [5.74, 6) is -14.4. The van der Waals surface area contributed by atoms with Crippen LogP contribution in [-0.4, -0.2) is 23.8 Å². The van der Waals surface area contributed by atoms with Crippen molar-refractivity contribution < 1.29 is 36.6 Å². The first-order valence-corrected chi connectivity index (χ1v) is 12.7. The first-order chi connectivity index (χ1) is 16.1. The third-order valence-corrected chi connectivity index (χ3v) is 7.57. The van der Waals surface area contributed by atoms with Crippen molar-refractivity contribution in [2.45, 2.75) is 103 Å². The number of halogens is 4. The molecular weight excluding hydrogens is 452 g/mol. The lowest BCUT2D eigenvalue weighted by Gasteiger charge is -2.33. The molecule has 0 radical (unpaired) electrons. The van der Waals surface area contributed by atoms with Crippen LogP contribution in [0.5, 0.6) is 0 Å². The van der Waals surface area contributed by atoms with Gasteiger partial charge in [-0.1, -0.05) is 39.5 Å². The van der Waals surface area contributed by atoms with Crippen LogP contribution in [0.3, 0.4) is 0 Å². The Labute approximate surface area is 199 Å². The third-order valence-electron chi connectivity index (χ3n) is 7.57. The van der Waals surface area contributed by atoms with Gasteiger partial charge in [-0.05, 0) is 75.4 Å². The van der Waals surface area contributed by atoms with Crippen molar-refractivity contribution in [3.63, 3.8) is 0 Å². The fraction of sp³-hybridized carbons (Fsp3) is 0.769. The quantitative estimate of drug-likeness (QED) is 0.265. The van der Waals surface area contributed by atoms with E-state index >= 15 is 0 Å². The summed E-state index contributed by atoms with van der Waals surface area (Å²) in [5.41, 5.74) is 0. The molecular formula is C26H36F4O4. The zero-order chi connectivity index (χ0) is 24.9. The highest BCUT2D eigenvalue weighted by Crippen LogP contribution is 2.49. The molecule has 34 heavy (non-hydrogen) atoms. The highest BCUT2D eigenvalue weighted by molar-refractivity contribution is 5.75. The minimum Gasteiger partial charge on any atom is -0.424 e. The number of hydrogen-bond donors (Lipinski definition) is 0. The van der Waals surface area contributed by atoms with Crippen molar-refractivity contribution in [2.24, 2.45) is 23.7 Å². The van der Waals surface area contributed by atoms with Crippen LogP contribution in [0.15, 0.2) is 23.7 Å². The molecule has 8 heteroatoms. The number of rotatable bonds is 8. The molecule has 0 aromatic carbocycles. The second kappa shape index (κ2) is 11.3. The van der Waals surface area contributed by atoms with E-state index in [0.717, 1.165) is 51.4 Å². The molecule has 0 spiro atoms. The van der Waals surface area contributed by atoms with Crippen LogP contribution >= 0.6 is 0 Å². The standard InChI is InChI=1S/C26H36F4O4/c1-3-5-17-7-11-19(12-8-17)23(31)33-21-15-16-22(26(29,30)25(21,27)28)34-24(32)20-13-9-18(6-4-2)10-14-20/h15-20H,3-14H2,1-2H3. The lowest BCUT2D eigenvalue weighted by molar-refractivity contribution is -0.209. The molecule has 0 unspecified atom stereocenters. The van der Waals surface area contributed by atoms with Gasteiger partial charge in [-0.25, -0.2) is 0 Å². The SMILES string of the molecule is CCCC1CCC(C(=O)OC2=CC=C(OC(=O)C3CCC(CCC)CC3)C(F)(F)C2(F)F)CC1. The normalized spacial score (nSPS) is 30.6. The maximum Gasteiger partial charge on any atom is 0.374 e. The number of carbonyl (C=O) groups excluding carboxylic acids is 2. The Morgan fingerprint density at radius 2 is 1.03 bits per heavy atom. The van der Waals surface area contributed by atoms with Crippen LogP contribution in [0.2, 0.25) is 0 Å². The molecule has 0 aromatic heterocycles. The van der Waals surface area contributed by atoms with Crippen molar-refractivity contribution >= 4 is 11.9 Å². The first-order valence-electron chi connectivity index (χ1n) is 12.7. The zero-order valence-electron chi connectivity index (χ0n) is 20.1. The fourth-order valence-electron chi connectivity index (χ4n) is 5.44. The van der Waals surface area contributed by atoms with Crippen molar-refractivity contribution in [3.05, 3.63) is 23.7 Å². The minimum atomic E-state index is -4.80. The number of alkyl halides is 4. The lowest BCUT2D eigenvalue weighted by Crippen LogP contribution is -2.48. The monoisotopic (exact) mass is 488 g/mol. The van der Waals surface area contributed by atoms with Gasteiger partial charge in [0.1, 0.15) is 0 Å². The Kier molecular flexibility index (Phi) is 8.85. The maximum atomic E-state index is 14.7. The molecule has 192 valence electrons. The molecule has 0 saturated heterocycles. The van der Waals surface area contributed by atoms with E-state index in [1.807, 2.05) is 0 Å². The summed E-state index contributed by atoms with van der Waals surface area (Å²) >= 11 is 0. The summed E-state index contributed by atoms with van der Waals surface area (Å²) < 4.78 is 68.3. The van der Waals surface area contributed by atoms with Crippen LogP contribution in [0.1, 0.15) is 90.9 Å². The van der Waals surface area contributed by atoms with E-state index < -0.39 is 47.1 Å². The predicted octanol–water partition coefficient (Wildman–Crippen LogP) is 7.34. The number of carbonyl (C=O) groups is 2. The van der Waals surface area contributed by atoms with Crippen LogP contribution < -0.4 is 0 Å². The molecule has 0 heterocycles. The summed E-state index contributed by atoms with van der Waals surface area (Å²) in [6, 6.07) is 0. The molecule has 3 aliphatic carbocycles. The molecule has 2 fully saturated rings. The third kappa shape index (κ3) is 5.85. The Bertz CT molecular complexity index is 723. The summed E-state index contributed by atoms with van der Waals surface area (Å²) in [7, 11) is 0. The van der Waals surface area contributed by atoms with Gasteiger partial charge in [0.2, 0.25) is 0 Å². The minimum absolute atomic E-state index is 0.496. The van der Waals surface area contributed by atoms with Gasteiger partial charge >= 0.3 is 23.8 Å². The van der Waals surface area contributed by atoms with Crippen molar-refractivity contribution in [1.29, 1.82) is 0 Å². The Balaban J connectivity index is 1.62. The first kappa shape index (κ1) is 26.7. The highest BCUT2D eigenvalue weighted by atomic mass is 19.3. The van der Waals surface area contributed by atoms with Gasteiger partial charge in [0.05, 0.1) is 11.8 Å². The Morgan fingerprint density at radius 3 is 1.32 bits per heavy atom. The van der Waals surface area contributed by atoms with Gasteiger partial charge in [0, 0.05) is 0 Å². The van der Waals surface area contributed by atoms with Crippen LogP contribution in [0.4, 0.5) is 17.6 Å². The molecule has 4 nitrogen and oxygen atoms in total. The number of ether oxygens (including phenoxy) is 2. The van der Waals surface area contributed by atoms with Gasteiger partial charge in [0.15, 0.2) is 11.5 Å². The van der Waals surface area contributed by atoms with E-state index in [0.29, 0.717) is 49.7 Å². The second-order valence-electron chi connectivity index (χ2n) is 10.1. The smallest absolute Gasteiger partial charge is 0.374 e. The summed E-state index contributed by atoms with van der Waals surface area (Å²) in [6.07, 6.45) is 10.6. The fourth-order valence-corrected chi connectivity index (χ4v) is 5.44. The van der Waals surface area contributed by atoms with E-state index in [9.17, 15) is 27.2 Å². The van der Waals surface area contributed by atoms with Crippen molar-refractivity contribution in [2.75, 3.05) is 0 Å². The van der Waals surface area contributed by atoms with Gasteiger partial charge in [-0.2, -0.15) is 17.6 Å². The topological polar surface area (TPSA) is 52.6 Å². The molecule has 0 amide bonds. The van der Waals surface area contributed by atoms with E-state index in [1.165, 1.54) is 0 Å². The molecule has 3 rings (SSSR count). The van der Waals surface area contributed by atoms with Crippen LogP contribution in [0, 0.1) is 23.7 Å². The molecule has 3 aliphatic rings. The van der Waals surface area contributed by atoms with E-state index in [2.05, 4.69) is 13.8 Å². The van der Waals surface area contributed by atoms with E-state index in [-0.39, 0.29) is 0 Å². The predicted molar refractivity (Wildman–Crippen MR) is 119 cm³/mol. The number of hydrogen-bond acceptors (Lipinski definition) is 4. The zero-order valence-corrected chi connectivity index (χ0v) is 20.1. The average Bonchev–Trinajstić information content (AvgIpc) is 2.80. The van der Waals surface area contributed by atoms with Crippen LogP contribution in [0.25, 0.3) is 0 Å². The molecule has 0 aliphatic heterocycles. The molecule has 0 bridgehead atoms. The Hall–Kier alpha value is -1.86. The van der Waals surface area contributed by atoms with E-state index in [1.54, 1.807) is 0 Å². The van der Waals surface area contributed by atoms with Crippen LogP contribution in [-0.2, 0) is 19.1 Å². The second-order valence-corrected chi connectivity index (χ2v) is 10.1. The van der Waals surface area contributed by atoms with Gasteiger partial charge in [0.25, 0.3) is 0 Å². The van der Waals surface area contributed by atoms with Gasteiger partial charge < -0.3 is 9.47 Å². The average molecular weight is 489 g/mol. The molecule has 0 atom stereocenters. The summed E-state index contributed by atoms with van der Waals surface area (Å²) in [6.45, 7) is 4.16. The van der Waals surface area contributed by atoms with Gasteiger partial charge in [-0.15, -0.1) is 0 Å². The van der Waals surface area contributed by atoms with Crippen molar-refractivity contribution in [1.82, 2.24) is 0 Å². The molecule has 2 saturated carbocycles. The Morgan fingerprint density at radius 1 is 0.706 bits per heavy atom. The lowest BCUT2D eigenvalue weighted by atomic mass is 9.80. The molecule has 0 aromatic rings. The van der Waals surface area contributed by atoms with Crippen molar-refractivity contribution in [3.8, 4) is 0 Å². The highest BCUT2D eigenvalue weighted by Gasteiger charge is 2.66. The largest absolute Gasteiger partial charge is 0.424 e. The van der Waals surface area contributed by atoms with E-state index in [4.69, 9.17) is 9.47 Å². The number of allylic oxidation sites excluding steroid dienone is 4. The van der Waals surface area contributed by atoms with Gasteiger partial charge in [-0.3, -0.25) is 9.59 Å². The number of esters is 2. The summed E-state index contributed by atoms with van der Waals surface area (Å²) in [5, 5.41) is 0. The molecule has 0 N–H and O–H groups in total.